The number of nitrogens with two attached hydrogens (primary N) is 2. The first kappa shape index (κ1) is 18.3. The van der Waals surface area contributed by atoms with Gasteiger partial charge < -0.3 is 20.9 Å². The van der Waals surface area contributed by atoms with Crippen LogP contribution in [0.3, 0.4) is 0 Å². The molecule has 130 valence electrons. The highest BCUT2D eigenvalue weighted by atomic mass is 16.5. The molecule has 2 rings (SSSR count). The maximum atomic E-state index is 6.94. The van der Waals surface area contributed by atoms with Crippen LogP contribution in [0.1, 0.15) is 31.4 Å². The van der Waals surface area contributed by atoms with Crippen LogP contribution >= 0.6 is 0 Å². The van der Waals surface area contributed by atoms with Gasteiger partial charge in [-0.3, -0.25) is 0 Å². The van der Waals surface area contributed by atoms with E-state index in [1.54, 1.807) is 14.2 Å². The van der Waals surface area contributed by atoms with E-state index in [4.69, 9.17) is 20.9 Å². The van der Waals surface area contributed by atoms with E-state index in [1.165, 1.54) is 0 Å². The van der Waals surface area contributed by atoms with E-state index in [2.05, 4.69) is 13.8 Å². The van der Waals surface area contributed by atoms with Gasteiger partial charge in [0.2, 0.25) is 0 Å². The predicted octanol–water partition coefficient (Wildman–Crippen LogP) is 3.28. The Kier molecular flexibility index (Phi) is 5.86. The highest BCUT2D eigenvalue weighted by Gasteiger charge is 2.38. The van der Waals surface area contributed by atoms with Crippen molar-refractivity contribution in [1.82, 2.24) is 0 Å². The van der Waals surface area contributed by atoms with Gasteiger partial charge in [-0.15, -0.1) is 0 Å². The van der Waals surface area contributed by atoms with Gasteiger partial charge in [0.15, 0.2) is 0 Å². The maximum Gasteiger partial charge on any atom is 0.118 e. The van der Waals surface area contributed by atoms with E-state index in [1.807, 2.05) is 48.5 Å². The minimum atomic E-state index is -0.784. The first-order valence-electron chi connectivity index (χ1n) is 8.30. The number of rotatable bonds is 7. The number of hydrogen-bond donors (Lipinski definition) is 2. The molecule has 0 fully saturated rings. The molecule has 0 spiro atoms. The highest BCUT2D eigenvalue weighted by molar-refractivity contribution is 5.44. The molecule has 0 heterocycles. The van der Waals surface area contributed by atoms with Crippen molar-refractivity contribution in [2.24, 2.45) is 17.4 Å². The first-order valence-corrected chi connectivity index (χ1v) is 8.30. The van der Waals surface area contributed by atoms with Crippen LogP contribution in [0.5, 0.6) is 11.5 Å². The van der Waals surface area contributed by atoms with Crippen molar-refractivity contribution in [3.8, 4) is 11.5 Å². The van der Waals surface area contributed by atoms with Crippen LogP contribution in [0.15, 0.2) is 48.5 Å². The zero-order chi connectivity index (χ0) is 17.7. The van der Waals surface area contributed by atoms with Crippen LogP contribution in [-0.2, 0) is 5.54 Å². The average Bonchev–Trinajstić information content (AvgIpc) is 2.66. The molecule has 4 N–H and O–H groups in total. The molecule has 0 aliphatic carbocycles. The Hall–Kier alpha value is -2.04. The summed E-state index contributed by atoms with van der Waals surface area (Å²) in [5, 5.41) is 0. The Morgan fingerprint density at radius 1 is 0.875 bits per heavy atom. The van der Waals surface area contributed by atoms with Gasteiger partial charge in [0.05, 0.1) is 19.8 Å². The molecular weight excluding hydrogens is 300 g/mol. The molecule has 0 radical (unpaired) electrons. The molecule has 4 nitrogen and oxygen atoms in total. The van der Waals surface area contributed by atoms with E-state index in [0.29, 0.717) is 0 Å². The number of hydrogen-bond acceptors (Lipinski definition) is 4. The normalized spacial score (nSPS) is 14.1. The topological polar surface area (TPSA) is 70.5 Å². The third-order valence-electron chi connectivity index (χ3n) is 4.92. The fraction of sp³-hybridized carbons (Fsp3) is 0.400. The van der Waals surface area contributed by atoms with Crippen molar-refractivity contribution in [3.05, 3.63) is 59.7 Å². The SMILES string of the molecule is CCC(C)C(N)C(N)(c1ccc(OC)cc1)c1ccc(OC)cc1. The molecule has 0 saturated carbocycles. The monoisotopic (exact) mass is 328 g/mol. The highest BCUT2D eigenvalue weighted by Crippen LogP contribution is 2.35. The van der Waals surface area contributed by atoms with E-state index in [-0.39, 0.29) is 12.0 Å². The van der Waals surface area contributed by atoms with E-state index < -0.39 is 5.54 Å². The molecule has 0 saturated heterocycles. The fourth-order valence-corrected chi connectivity index (χ4v) is 2.99. The maximum absolute atomic E-state index is 6.94. The van der Waals surface area contributed by atoms with Crippen molar-refractivity contribution < 1.29 is 9.47 Å². The molecule has 4 heteroatoms. The lowest BCUT2D eigenvalue weighted by atomic mass is 9.73. The molecule has 2 aromatic rings. The van der Waals surface area contributed by atoms with Gasteiger partial charge in [-0.2, -0.15) is 0 Å². The van der Waals surface area contributed by atoms with Crippen LogP contribution in [0.2, 0.25) is 0 Å². The molecule has 0 aliphatic heterocycles. The second kappa shape index (κ2) is 7.69. The summed E-state index contributed by atoms with van der Waals surface area (Å²) in [4.78, 5) is 0. The Balaban J connectivity index is 2.54. The summed E-state index contributed by atoms with van der Waals surface area (Å²) in [6, 6.07) is 15.4. The Morgan fingerprint density at radius 2 is 1.25 bits per heavy atom. The summed E-state index contributed by atoms with van der Waals surface area (Å²) in [6.07, 6.45) is 0.965. The zero-order valence-corrected chi connectivity index (χ0v) is 15.0. The lowest BCUT2D eigenvalue weighted by Gasteiger charge is -2.39. The summed E-state index contributed by atoms with van der Waals surface area (Å²) in [5.41, 5.74) is 14.7. The van der Waals surface area contributed by atoms with E-state index in [9.17, 15) is 0 Å². The number of methoxy groups -OCH3 is 2. The standard InChI is InChI=1S/C20H28N2O2/c1-5-14(2)19(21)20(22,15-6-10-17(23-3)11-7-15)16-8-12-18(24-4)13-9-16/h6-14,19H,5,21-22H2,1-4H3. The van der Waals surface area contributed by atoms with Gasteiger partial charge in [0.1, 0.15) is 11.5 Å². The Labute approximate surface area is 144 Å². The van der Waals surface area contributed by atoms with Gasteiger partial charge in [0.25, 0.3) is 0 Å². The van der Waals surface area contributed by atoms with Crippen LogP contribution in [-0.4, -0.2) is 20.3 Å². The molecule has 0 aromatic heterocycles. The van der Waals surface area contributed by atoms with Crippen molar-refractivity contribution >= 4 is 0 Å². The molecule has 24 heavy (non-hydrogen) atoms. The fourth-order valence-electron chi connectivity index (χ4n) is 2.99. The average molecular weight is 328 g/mol. The predicted molar refractivity (Wildman–Crippen MR) is 98.4 cm³/mol. The van der Waals surface area contributed by atoms with Crippen molar-refractivity contribution in [2.45, 2.75) is 31.8 Å². The zero-order valence-electron chi connectivity index (χ0n) is 15.0. The Morgan fingerprint density at radius 3 is 1.54 bits per heavy atom. The second-order valence-corrected chi connectivity index (χ2v) is 6.24. The summed E-state index contributed by atoms with van der Waals surface area (Å²) in [6.45, 7) is 4.27. The minimum absolute atomic E-state index is 0.218. The summed E-state index contributed by atoms with van der Waals surface area (Å²) < 4.78 is 10.5. The van der Waals surface area contributed by atoms with Gasteiger partial charge in [-0.1, -0.05) is 44.5 Å². The van der Waals surface area contributed by atoms with Gasteiger partial charge in [-0.25, -0.2) is 0 Å². The summed E-state index contributed by atoms with van der Waals surface area (Å²) in [5.74, 6) is 1.88. The smallest absolute Gasteiger partial charge is 0.118 e. The lowest BCUT2D eigenvalue weighted by molar-refractivity contribution is 0.313. The van der Waals surface area contributed by atoms with Gasteiger partial charge >= 0.3 is 0 Å². The molecule has 0 aliphatic rings. The minimum Gasteiger partial charge on any atom is -0.497 e. The summed E-state index contributed by atoms with van der Waals surface area (Å²) in [7, 11) is 3.30. The quantitative estimate of drug-likeness (QED) is 0.818. The first-order chi connectivity index (χ1) is 11.5. The van der Waals surface area contributed by atoms with Crippen LogP contribution < -0.4 is 20.9 Å². The van der Waals surface area contributed by atoms with Crippen molar-refractivity contribution in [1.29, 1.82) is 0 Å². The van der Waals surface area contributed by atoms with Crippen LogP contribution in [0.4, 0.5) is 0 Å². The van der Waals surface area contributed by atoms with E-state index in [0.717, 1.165) is 29.0 Å². The molecular formula is C20H28N2O2. The third kappa shape index (κ3) is 3.40. The summed E-state index contributed by atoms with van der Waals surface area (Å²) >= 11 is 0. The van der Waals surface area contributed by atoms with Crippen LogP contribution in [0.25, 0.3) is 0 Å². The number of benzene rings is 2. The van der Waals surface area contributed by atoms with Gasteiger partial charge in [0, 0.05) is 6.04 Å². The largest absolute Gasteiger partial charge is 0.497 e. The molecule has 2 unspecified atom stereocenters. The molecule has 0 bridgehead atoms. The molecule has 2 atom stereocenters. The molecule has 0 amide bonds. The van der Waals surface area contributed by atoms with Crippen LogP contribution in [0, 0.1) is 5.92 Å². The molecule has 2 aromatic carbocycles. The van der Waals surface area contributed by atoms with Crippen molar-refractivity contribution in [3.63, 3.8) is 0 Å². The third-order valence-corrected chi connectivity index (χ3v) is 4.92. The lowest BCUT2D eigenvalue weighted by Crippen LogP contribution is -2.56. The van der Waals surface area contributed by atoms with Crippen molar-refractivity contribution in [2.75, 3.05) is 14.2 Å². The van der Waals surface area contributed by atoms with E-state index >= 15 is 0 Å². The second-order valence-electron chi connectivity index (χ2n) is 6.24. The van der Waals surface area contributed by atoms with Gasteiger partial charge in [-0.05, 0) is 41.3 Å². The Bertz CT molecular complexity index is 590. The number of ether oxygens (including phenoxy) is 2.